The third-order valence-electron chi connectivity index (χ3n) is 11.6. The minimum Gasteiger partial charge on any atom is -0.744 e. The zero-order valence-corrected chi connectivity index (χ0v) is 59.1. The smallest absolute Gasteiger partial charge is 0.744 e. The molecule has 27 nitrogen and oxygen atoms in total. The second-order valence-electron chi connectivity index (χ2n) is 17.8. The molecule has 0 bridgehead atoms. The van der Waals surface area contributed by atoms with Gasteiger partial charge in [0.2, 0.25) is 0 Å². The molecule has 0 fully saturated rings. The minimum atomic E-state index is -5.06. The first-order valence-electron chi connectivity index (χ1n) is 24.0. The molecule has 8 aromatic carbocycles. The molecule has 2 amide bonds. The Labute approximate surface area is 593 Å². The number of carbonyl (C=O) groups is 1. The third-order valence-corrected chi connectivity index (χ3v) is 15.0. The minimum absolute atomic E-state index is 0. The number of nitrogens with zero attached hydrogens (tertiary/aromatic N) is 12. The van der Waals surface area contributed by atoms with Crippen molar-refractivity contribution in [2.45, 2.75) is 47.3 Å². The summed E-state index contributed by atoms with van der Waals surface area (Å²) in [5, 5.41) is 54.7. The van der Waals surface area contributed by atoms with E-state index < -0.39 is 66.1 Å². The normalized spacial score (nSPS) is 12.1. The maximum atomic E-state index is 13.0. The van der Waals surface area contributed by atoms with Gasteiger partial charge < -0.3 is 28.8 Å². The molecule has 0 aliphatic heterocycles. The van der Waals surface area contributed by atoms with Gasteiger partial charge in [-0.3, -0.25) is 0 Å². The Hall–Kier alpha value is -5.73. The Kier molecular flexibility index (Phi) is 27.5. The van der Waals surface area contributed by atoms with Crippen LogP contribution in [0.2, 0.25) is 0 Å². The van der Waals surface area contributed by atoms with Crippen molar-refractivity contribution >= 4 is 126 Å². The van der Waals surface area contributed by atoms with Crippen molar-refractivity contribution in [3.05, 3.63) is 180 Å². The second-order valence-corrected chi connectivity index (χ2v) is 23.3. The van der Waals surface area contributed by atoms with Crippen molar-refractivity contribution in [2.75, 3.05) is 10.6 Å². The summed E-state index contributed by atoms with van der Waals surface area (Å²) >= 11 is 0. The summed E-state index contributed by atoms with van der Waals surface area (Å²) in [6.45, 7) is 6.99. The van der Waals surface area contributed by atoms with Crippen molar-refractivity contribution in [3.8, 4) is 0 Å². The molecule has 0 spiro atoms. The van der Waals surface area contributed by atoms with E-state index in [-0.39, 0.29) is 152 Å². The summed E-state index contributed by atoms with van der Waals surface area (Å²) in [5.41, 5.74) is 5.76. The Bertz CT molecular complexity index is 4300. The van der Waals surface area contributed by atoms with E-state index in [1.807, 2.05) is 0 Å². The van der Waals surface area contributed by atoms with Gasteiger partial charge in [-0.1, -0.05) is 0 Å². The summed E-state index contributed by atoms with van der Waals surface area (Å²) in [6.07, 6.45) is 0. The summed E-state index contributed by atoms with van der Waals surface area (Å²) in [6, 6.07) is 35.3. The average molecular weight is 1300 g/mol. The van der Waals surface area contributed by atoms with Gasteiger partial charge in [-0.2, -0.15) is 51.1 Å². The van der Waals surface area contributed by atoms with E-state index in [0.29, 0.717) is 67.8 Å². The van der Waals surface area contributed by atoms with Crippen LogP contribution < -0.4 is 129 Å². The van der Waals surface area contributed by atoms with Gasteiger partial charge in [0.1, 0.15) is 51.8 Å². The molecule has 88 heavy (non-hydrogen) atoms. The van der Waals surface area contributed by atoms with E-state index in [4.69, 9.17) is 0 Å². The molecule has 0 aliphatic rings. The number of amides is 2. The van der Waals surface area contributed by atoms with Crippen molar-refractivity contribution in [3.63, 3.8) is 0 Å². The first-order valence-corrected chi connectivity index (χ1v) is 29.6. The van der Waals surface area contributed by atoms with E-state index in [0.717, 1.165) is 36.4 Å². The van der Waals surface area contributed by atoms with Crippen LogP contribution in [0.1, 0.15) is 22.3 Å². The first kappa shape index (κ1) is 74.7. The fourth-order valence-electron chi connectivity index (χ4n) is 7.34. The predicted octanol–water partition coefficient (Wildman–Crippen LogP) is 2.69. The monoisotopic (exact) mass is 1300 g/mol. The van der Waals surface area contributed by atoms with Gasteiger partial charge in [0, 0.05) is 11.4 Å². The predicted molar refractivity (Wildman–Crippen MR) is 300 cm³/mol. The molecular formula is C53H40N14Na4O13S4. The molecule has 0 aliphatic carbocycles. The van der Waals surface area contributed by atoms with Crippen LogP contribution in [0.4, 0.5) is 84.4 Å². The summed E-state index contributed by atoms with van der Waals surface area (Å²) in [7, 11) is -19.5. The zero-order chi connectivity index (χ0) is 60.6. The number of aryl methyl sites for hydroxylation is 4. The van der Waals surface area contributed by atoms with Gasteiger partial charge in [-0.15, -0.1) is 10.2 Å². The summed E-state index contributed by atoms with van der Waals surface area (Å²) < 4.78 is 140. The Morgan fingerprint density at radius 3 is 0.830 bits per heavy atom. The number of rotatable bonds is 18. The molecule has 428 valence electrons. The molecule has 2 N–H and O–H groups in total. The van der Waals surface area contributed by atoms with Gasteiger partial charge in [0.15, 0.2) is 0 Å². The Morgan fingerprint density at radius 1 is 0.295 bits per heavy atom. The largest absolute Gasteiger partial charge is 1.00 e. The Morgan fingerprint density at radius 2 is 0.534 bits per heavy atom. The molecule has 35 heteroatoms. The van der Waals surface area contributed by atoms with Gasteiger partial charge >= 0.3 is 124 Å². The van der Waals surface area contributed by atoms with Gasteiger partial charge in [-0.05, 0) is 208 Å². The second kappa shape index (κ2) is 32.3. The number of anilines is 2. The van der Waals surface area contributed by atoms with Crippen molar-refractivity contribution < 1.29 is 175 Å². The standard InChI is InChI=1S/C53H44N14O13S4.4Na/c1-31-25-37(9-19-45(31)62-60-39-11-21-47(33(3)27-39)64-66-49-23-13-41(29-51(49)83(75,76)77)58-56-35-5-15-43(16-6-35)81(69,70)71)54-53(68)55-38-10-20-46(32(2)26-38)63-61-40-12-22-48(34(4)28-40)65-67-50-24-14-42(30-52(50)84(78,79)80)59-57-36-7-17-44(18-8-36)82(72,73)74;;;;/h5-30H,1-4H3,(H2,54,55,68)(H,69,70,71)(H,72,73,74)(H,75,76,77)(H,78,79,80);;;;/q;4*+1/p-4. The number of benzene rings is 8. The molecule has 0 saturated heterocycles. The number of carbonyl (C=O) groups excluding carboxylic acids is 1. The first-order chi connectivity index (χ1) is 39.6. The number of hydrogen-bond donors (Lipinski definition) is 2. The quantitative estimate of drug-likeness (QED) is 0.0710. The van der Waals surface area contributed by atoms with E-state index >= 15 is 0 Å². The van der Waals surface area contributed by atoms with Crippen LogP contribution in [-0.4, -0.2) is 57.9 Å². The SMILES string of the molecule is Cc1cc(NC(=O)Nc2ccc(N=Nc3ccc(N=Nc4ccc(N=Nc5ccc(S(=O)(=O)[O-])cc5)cc4S(=O)(=O)[O-])c(C)c3)c(C)c2)ccc1N=Nc1ccc(N=Nc2ccc(N=Nc3ccc(S(=O)(=O)[O-])cc3)cc2S(=O)(=O)[O-])c(C)c1.[Na+].[Na+].[Na+].[Na+]. The van der Waals surface area contributed by atoms with Crippen LogP contribution in [0.3, 0.4) is 0 Å². The van der Waals surface area contributed by atoms with Crippen LogP contribution in [0.5, 0.6) is 0 Å². The van der Waals surface area contributed by atoms with E-state index in [2.05, 4.69) is 72.0 Å². The third kappa shape index (κ3) is 21.2. The van der Waals surface area contributed by atoms with Crippen LogP contribution in [0, 0.1) is 27.7 Å². The maximum Gasteiger partial charge on any atom is 1.00 e. The summed E-state index contributed by atoms with van der Waals surface area (Å²) in [4.78, 5) is 10.7. The maximum absolute atomic E-state index is 13.0. The topological polar surface area (TPSA) is 418 Å². The van der Waals surface area contributed by atoms with Crippen molar-refractivity contribution in [2.24, 2.45) is 61.4 Å². The fraction of sp³-hybridized carbons (Fsp3) is 0.0755. The van der Waals surface area contributed by atoms with Crippen LogP contribution >= 0.6 is 0 Å². The van der Waals surface area contributed by atoms with Crippen LogP contribution in [0.25, 0.3) is 0 Å². The van der Waals surface area contributed by atoms with E-state index in [1.165, 1.54) is 48.5 Å². The summed E-state index contributed by atoms with van der Waals surface area (Å²) in [5.74, 6) is 0. The fourth-order valence-corrected chi connectivity index (χ4v) is 9.54. The van der Waals surface area contributed by atoms with Crippen molar-refractivity contribution in [1.29, 1.82) is 0 Å². The number of azo groups is 6. The van der Waals surface area contributed by atoms with Crippen LogP contribution in [-0.2, 0) is 40.5 Å². The molecule has 0 atom stereocenters. The molecule has 0 unspecified atom stereocenters. The Balaban J connectivity index is 0.00000414. The van der Waals surface area contributed by atoms with Crippen LogP contribution in [0.15, 0.2) is 239 Å². The number of urea groups is 1. The molecule has 8 aromatic rings. The molecule has 8 rings (SSSR count). The van der Waals surface area contributed by atoms with E-state index in [9.17, 15) is 56.7 Å². The molecule has 0 heterocycles. The van der Waals surface area contributed by atoms with Gasteiger partial charge in [0.05, 0.1) is 76.5 Å². The zero-order valence-electron chi connectivity index (χ0n) is 47.8. The molecular weight excluding hydrogens is 1260 g/mol. The molecule has 0 saturated carbocycles. The van der Waals surface area contributed by atoms with Gasteiger partial charge in [-0.25, -0.2) is 38.5 Å². The molecule has 0 aromatic heterocycles. The van der Waals surface area contributed by atoms with E-state index in [1.54, 1.807) is 100 Å². The molecule has 0 radical (unpaired) electrons. The average Bonchev–Trinajstić information content (AvgIpc) is 3.51. The number of hydrogen-bond acceptors (Lipinski definition) is 25. The van der Waals surface area contributed by atoms with Gasteiger partial charge in [0.25, 0.3) is 0 Å². The van der Waals surface area contributed by atoms with Crippen molar-refractivity contribution in [1.82, 2.24) is 0 Å². The number of nitrogens with one attached hydrogen (secondary N) is 2.